The van der Waals surface area contributed by atoms with E-state index in [1.807, 2.05) is 6.92 Å². The van der Waals surface area contributed by atoms with Crippen molar-refractivity contribution < 1.29 is 8.42 Å². The Morgan fingerprint density at radius 3 is 2.32 bits per heavy atom. The molecule has 2 aliphatic heterocycles. The molecule has 0 unspecified atom stereocenters. The molecule has 0 spiro atoms. The van der Waals surface area contributed by atoms with E-state index in [2.05, 4.69) is 21.7 Å². The molecular weight excluding hydrogens is 320 g/mol. The third-order valence-electron chi connectivity index (χ3n) is 4.63. The first kappa shape index (κ1) is 16.3. The summed E-state index contributed by atoms with van der Waals surface area (Å²) in [6.07, 6.45) is 0. The Bertz CT molecular complexity index is 629. The zero-order valence-corrected chi connectivity index (χ0v) is 15.1. The van der Waals surface area contributed by atoms with Gasteiger partial charge < -0.3 is 4.90 Å². The van der Waals surface area contributed by atoms with Gasteiger partial charge in [-0.2, -0.15) is 4.31 Å². The van der Waals surface area contributed by atoms with Gasteiger partial charge in [-0.3, -0.25) is 4.90 Å². The van der Waals surface area contributed by atoms with Crippen molar-refractivity contribution in [2.45, 2.75) is 31.0 Å². The van der Waals surface area contributed by atoms with Crippen LogP contribution in [-0.2, 0) is 10.0 Å². The zero-order chi connectivity index (χ0) is 15.9. The standard InChI is InChI=1S/C14H24N4O2S2/c1-4-16-5-7-17(8-6-16)13-9-18(10-13)22(19,20)14-11(2)15-12(3)21-14/h13H,4-10H2,1-3H3. The van der Waals surface area contributed by atoms with Crippen molar-refractivity contribution >= 4 is 21.4 Å². The first-order valence-electron chi connectivity index (χ1n) is 7.82. The average molecular weight is 345 g/mol. The molecule has 2 fully saturated rings. The normalized spacial score (nSPS) is 22.9. The van der Waals surface area contributed by atoms with Gasteiger partial charge >= 0.3 is 0 Å². The number of nitrogens with zero attached hydrogens (tertiary/aromatic N) is 4. The highest BCUT2D eigenvalue weighted by Gasteiger charge is 2.41. The quantitative estimate of drug-likeness (QED) is 0.808. The number of likely N-dealkylation sites (N-methyl/N-ethyl adjacent to an activating group) is 1. The highest BCUT2D eigenvalue weighted by atomic mass is 32.2. The molecule has 124 valence electrons. The number of hydrogen-bond donors (Lipinski definition) is 0. The van der Waals surface area contributed by atoms with E-state index in [9.17, 15) is 8.42 Å². The molecule has 3 rings (SSSR count). The van der Waals surface area contributed by atoms with Gasteiger partial charge in [-0.25, -0.2) is 13.4 Å². The van der Waals surface area contributed by atoms with Gasteiger partial charge in [0.25, 0.3) is 10.0 Å². The lowest BCUT2D eigenvalue weighted by Gasteiger charge is -2.47. The second kappa shape index (κ2) is 6.16. The van der Waals surface area contributed by atoms with Gasteiger partial charge in [0.1, 0.15) is 0 Å². The van der Waals surface area contributed by atoms with Crippen molar-refractivity contribution in [1.82, 2.24) is 19.1 Å². The van der Waals surface area contributed by atoms with Crippen molar-refractivity contribution in [2.75, 3.05) is 45.8 Å². The molecule has 0 saturated carbocycles. The maximum absolute atomic E-state index is 12.6. The minimum atomic E-state index is -3.35. The smallest absolute Gasteiger partial charge is 0.254 e. The van der Waals surface area contributed by atoms with Crippen LogP contribution in [0.25, 0.3) is 0 Å². The lowest BCUT2D eigenvalue weighted by atomic mass is 10.1. The number of sulfonamides is 1. The fourth-order valence-corrected chi connectivity index (χ4v) is 6.29. The summed E-state index contributed by atoms with van der Waals surface area (Å²) in [6, 6.07) is 0.378. The molecule has 0 amide bonds. The largest absolute Gasteiger partial charge is 0.301 e. The molecule has 0 bridgehead atoms. The Morgan fingerprint density at radius 2 is 1.82 bits per heavy atom. The topological polar surface area (TPSA) is 56.8 Å². The fourth-order valence-electron chi connectivity index (χ4n) is 3.16. The Labute approximate surface area is 136 Å². The third-order valence-corrected chi connectivity index (χ3v) is 8.13. The molecule has 0 radical (unpaired) electrons. The Hall–Kier alpha value is -0.540. The number of aromatic nitrogens is 1. The van der Waals surface area contributed by atoms with Crippen LogP contribution in [0.15, 0.2) is 4.21 Å². The summed E-state index contributed by atoms with van der Waals surface area (Å²) in [5, 5.41) is 0.809. The average Bonchev–Trinajstić information content (AvgIpc) is 2.77. The second-order valence-corrected chi connectivity index (χ2v) is 9.39. The molecule has 0 aromatic carbocycles. The molecule has 8 heteroatoms. The molecule has 0 atom stereocenters. The van der Waals surface area contributed by atoms with Crippen LogP contribution in [0.2, 0.25) is 0 Å². The van der Waals surface area contributed by atoms with Crippen molar-refractivity contribution in [2.24, 2.45) is 0 Å². The van der Waals surface area contributed by atoms with Crippen LogP contribution in [0.5, 0.6) is 0 Å². The van der Waals surface area contributed by atoms with Gasteiger partial charge in [-0.1, -0.05) is 6.92 Å². The minimum absolute atomic E-state index is 0.378. The first-order valence-corrected chi connectivity index (χ1v) is 10.1. The van der Waals surface area contributed by atoms with Gasteiger partial charge in [-0.05, 0) is 20.4 Å². The summed E-state index contributed by atoms with van der Waals surface area (Å²) in [7, 11) is -3.35. The van der Waals surface area contributed by atoms with Crippen molar-refractivity contribution in [3.63, 3.8) is 0 Å². The maximum Gasteiger partial charge on any atom is 0.254 e. The first-order chi connectivity index (χ1) is 10.4. The van der Waals surface area contributed by atoms with E-state index >= 15 is 0 Å². The molecule has 6 nitrogen and oxygen atoms in total. The van der Waals surface area contributed by atoms with Crippen LogP contribution in [0.1, 0.15) is 17.6 Å². The summed E-state index contributed by atoms with van der Waals surface area (Å²) in [5.41, 5.74) is 0.627. The number of piperazine rings is 1. The minimum Gasteiger partial charge on any atom is -0.301 e. The van der Waals surface area contributed by atoms with E-state index in [1.165, 1.54) is 11.3 Å². The van der Waals surface area contributed by atoms with Crippen LogP contribution < -0.4 is 0 Å². The molecule has 0 N–H and O–H groups in total. The lowest BCUT2D eigenvalue weighted by Crippen LogP contribution is -2.64. The highest BCUT2D eigenvalue weighted by Crippen LogP contribution is 2.30. The molecule has 1 aromatic heterocycles. The van der Waals surface area contributed by atoms with Gasteiger partial charge in [0.2, 0.25) is 0 Å². The van der Waals surface area contributed by atoms with Crippen LogP contribution in [0, 0.1) is 13.8 Å². The summed E-state index contributed by atoms with van der Waals surface area (Å²) in [6.45, 7) is 12.4. The molecule has 22 heavy (non-hydrogen) atoms. The Kier molecular flexibility index (Phi) is 4.57. The fraction of sp³-hybridized carbons (Fsp3) is 0.786. The summed E-state index contributed by atoms with van der Waals surface area (Å²) < 4.78 is 27.3. The molecule has 1 aromatic rings. The second-order valence-electron chi connectivity index (χ2n) is 6.05. The van der Waals surface area contributed by atoms with Crippen LogP contribution in [0.4, 0.5) is 0 Å². The van der Waals surface area contributed by atoms with E-state index < -0.39 is 10.0 Å². The third kappa shape index (κ3) is 2.94. The van der Waals surface area contributed by atoms with E-state index in [4.69, 9.17) is 0 Å². The van der Waals surface area contributed by atoms with Crippen molar-refractivity contribution in [3.05, 3.63) is 10.7 Å². The Morgan fingerprint density at radius 1 is 1.18 bits per heavy atom. The van der Waals surface area contributed by atoms with E-state index in [0.717, 1.165) is 37.7 Å². The summed E-state index contributed by atoms with van der Waals surface area (Å²) in [5.74, 6) is 0. The number of rotatable bonds is 4. The van der Waals surface area contributed by atoms with Crippen LogP contribution in [0.3, 0.4) is 0 Å². The summed E-state index contributed by atoms with van der Waals surface area (Å²) >= 11 is 1.28. The Balaban J connectivity index is 1.60. The van der Waals surface area contributed by atoms with E-state index in [-0.39, 0.29) is 0 Å². The van der Waals surface area contributed by atoms with E-state index in [0.29, 0.717) is 29.0 Å². The van der Waals surface area contributed by atoms with Crippen molar-refractivity contribution in [1.29, 1.82) is 0 Å². The number of aryl methyl sites for hydroxylation is 2. The predicted molar refractivity (Wildman–Crippen MR) is 87.8 cm³/mol. The van der Waals surface area contributed by atoms with Crippen molar-refractivity contribution in [3.8, 4) is 0 Å². The molecule has 2 saturated heterocycles. The predicted octanol–water partition coefficient (Wildman–Crippen LogP) is 0.770. The molecule has 3 heterocycles. The number of hydrogen-bond acceptors (Lipinski definition) is 6. The number of thiazole rings is 1. The monoisotopic (exact) mass is 344 g/mol. The van der Waals surface area contributed by atoms with Crippen LogP contribution in [-0.4, -0.2) is 79.4 Å². The highest BCUT2D eigenvalue weighted by molar-refractivity contribution is 7.91. The molecule has 2 aliphatic rings. The maximum atomic E-state index is 12.6. The molecular formula is C14H24N4O2S2. The van der Waals surface area contributed by atoms with Gasteiger partial charge in [0.05, 0.1) is 10.7 Å². The van der Waals surface area contributed by atoms with Crippen LogP contribution >= 0.6 is 11.3 Å². The molecule has 0 aliphatic carbocycles. The lowest BCUT2D eigenvalue weighted by molar-refractivity contribution is 0.0426. The summed E-state index contributed by atoms with van der Waals surface area (Å²) in [4.78, 5) is 9.11. The van der Waals surface area contributed by atoms with Gasteiger partial charge in [-0.15, -0.1) is 11.3 Å². The van der Waals surface area contributed by atoms with Gasteiger partial charge in [0.15, 0.2) is 4.21 Å². The zero-order valence-electron chi connectivity index (χ0n) is 13.4. The SMILES string of the molecule is CCN1CCN(C2CN(S(=O)(=O)c3sc(C)nc3C)C2)CC1. The van der Waals surface area contributed by atoms with Gasteiger partial charge in [0, 0.05) is 45.3 Å². The van der Waals surface area contributed by atoms with E-state index in [1.54, 1.807) is 11.2 Å².